The summed E-state index contributed by atoms with van der Waals surface area (Å²) in [6.07, 6.45) is 1.12. The van der Waals surface area contributed by atoms with Crippen LogP contribution in [0.25, 0.3) is 0 Å². The number of thiophene rings is 1. The molecule has 3 aromatic rings. The Balaban J connectivity index is 1.39. The number of imide groups is 1. The van der Waals surface area contributed by atoms with Crippen LogP contribution >= 0.6 is 11.3 Å². The van der Waals surface area contributed by atoms with Crippen LogP contribution in [0.1, 0.15) is 35.0 Å². The quantitative estimate of drug-likeness (QED) is 0.555. The smallest absolute Gasteiger partial charge is 0.416 e. The Morgan fingerprint density at radius 3 is 2.84 bits per heavy atom. The van der Waals surface area contributed by atoms with Crippen LogP contribution in [0, 0.1) is 6.92 Å². The summed E-state index contributed by atoms with van der Waals surface area (Å²) in [5, 5.41) is 4.11. The van der Waals surface area contributed by atoms with Crippen molar-refractivity contribution in [2.24, 2.45) is 0 Å². The van der Waals surface area contributed by atoms with Gasteiger partial charge in [0.1, 0.15) is 6.61 Å². The SMILES string of the molecule is Cc1ccc2c(n1)CCN2[C@@H](CC(=O)N1C(=O)OC[C@@H]1Cc1ccccc1)c1ccsc1. The molecule has 0 spiro atoms. The molecular weight excluding hydrogens is 422 g/mol. The third-order valence-electron chi connectivity index (χ3n) is 6.20. The van der Waals surface area contributed by atoms with Crippen molar-refractivity contribution in [3.8, 4) is 0 Å². The Kier molecular flexibility index (Phi) is 5.66. The predicted octanol–water partition coefficient (Wildman–Crippen LogP) is 4.54. The zero-order chi connectivity index (χ0) is 22.1. The Hall–Kier alpha value is -3.19. The van der Waals surface area contributed by atoms with E-state index < -0.39 is 6.09 Å². The first kappa shape index (κ1) is 20.7. The van der Waals surface area contributed by atoms with Gasteiger partial charge in [-0.2, -0.15) is 11.3 Å². The van der Waals surface area contributed by atoms with Crippen molar-refractivity contribution in [1.82, 2.24) is 9.88 Å². The summed E-state index contributed by atoms with van der Waals surface area (Å²) in [6.45, 7) is 3.03. The molecule has 2 atom stereocenters. The average molecular weight is 448 g/mol. The van der Waals surface area contributed by atoms with E-state index in [9.17, 15) is 9.59 Å². The van der Waals surface area contributed by atoms with Gasteiger partial charge in [-0.25, -0.2) is 9.69 Å². The number of hydrogen-bond donors (Lipinski definition) is 0. The average Bonchev–Trinajstić information content (AvgIpc) is 3.53. The molecule has 2 amide bonds. The van der Waals surface area contributed by atoms with Crippen LogP contribution in [0.2, 0.25) is 0 Å². The molecule has 0 saturated carbocycles. The molecule has 1 saturated heterocycles. The van der Waals surface area contributed by atoms with E-state index >= 15 is 0 Å². The minimum atomic E-state index is -0.542. The molecule has 6 nitrogen and oxygen atoms in total. The first-order chi connectivity index (χ1) is 15.6. The standard InChI is InChI=1S/C25H25N3O3S/c1-17-7-8-22-21(26-17)9-11-27(22)23(19-10-12-32-16-19)14-24(29)28-20(15-31-25(28)30)13-18-5-3-2-4-6-18/h2-8,10,12,16,20,23H,9,11,13-15H2,1H3/t20-,23-/m0/s1. The summed E-state index contributed by atoms with van der Waals surface area (Å²) in [5.74, 6) is -0.196. The topological polar surface area (TPSA) is 62.7 Å². The molecule has 2 aliphatic heterocycles. The van der Waals surface area contributed by atoms with Crippen molar-refractivity contribution in [2.75, 3.05) is 18.1 Å². The molecule has 0 unspecified atom stereocenters. The number of cyclic esters (lactones) is 1. The van der Waals surface area contributed by atoms with E-state index in [2.05, 4.69) is 27.4 Å². The maximum Gasteiger partial charge on any atom is 0.416 e. The molecule has 1 aromatic carbocycles. The number of fused-ring (bicyclic) bond motifs is 1. The Morgan fingerprint density at radius 1 is 1.22 bits per heavy atom. The van der Waals surface area contributed by atoms with Crippen LogP contribution in [0.15, 0.2) is 59.3 Å². The number of carbonyl (C=O) groups excluding carboxylic acids is 2. The van der Waals surface area contributed by atoms with Crippen molar-refractivity contribution < 1.29 is 14.3 Å². The van der Waals surface area contributed by atoms with Crippen molar-refractivity contribution in [3.05, 3.63) is 81.8 Å². The van der Waals surface area contributed by atoms with Gasteiger partial charge in [-0.15, -0.1) is 0 Å². The van der Waals surface area contributed by atoms with Gasteiger partial charge in [0.2, 0.25) is 5.91 Å². The summed E-state index contributed by atoms with van der Waals surface area (Å²) >= 11 is 1.61. The van der Waals surface area contributed by atoms with Crippen LogP contribution < -0.4 is 4.90 Å². The van der Waals surface area contributed by atoms with Gasteiger partial charge in [-0.3, -0.25) is 9.78 Å². The molecule has 5 rings (SSSR count). The summed E-state index contributed by atoms with van der Waals surface area (Å²) in [7, 11) is 0. The van der Waals surface area contributed by atoms with E-state index in [0.29, 0.717) is 6.42 Å². The second-order valence-electron chi connectivity index (χ2n) is 8.32. The van der Waals surface area contributed by atoms with Crippen molar-refractivity contribution in [2.45, 2.75) is 38.3 Å². The number of benzene rings is 1. The Bertz CT molecular complexity index is 1120. The number of nitrogens with zero attached hydrogens (tertiary/aromatic N) is 3. The number of amides is 2. The van der Waals surface area contributed by atoms with Gasteiger partial charge >= 0.3 is 6.09 Å². The second kappa shape index (κ2) is 8.74. The predicted molar refractivity (Wildman–Crippen MR) is 124 cm³/mol. The number of aryl methyl sites for hydroxylation is 1. The molecule has 7 heteroatoms. The van der Waals surface area contributed by atoms with Gasteiger partial charge in [0.25, 0.3) is 0 Å². The van der Waals surface area contributed by atoms with Crippen LogP contribution in [-0.4, -0.2) is 41.1 Å². The van der Waals surface area contributed by atoms with Crippen LogP contribution in [0.5, 0.6) is 0 Å². The summed E-state index contributed by atoms with van der Waals surface area (Å²) in [6, 6.07) is 15.6. The van der Waals surface area contributed by atoms with Crippen molar-refractivity contribution in [3.63, 3.8) is 0 Å². The molecule has 0 bridgehead atoms. The molecule has 2 aliphatic rings. The van der Waals surface area contributed by atoms with Crippen LogP contribution in [0.3, 0.4) is 0 Å². The number of aromatic nitrogens is 1. The molecule has 0 aliphatic carbocycles. The molecule has 164 valence electrons. The number of ether oxygens (including phenoxy) is 1. The Labute approximate surface area is 191 Å². The Morgan fingerprint density at radius 2 is 2.06 bits per heavy atom. The van der Waals surface area contributed by atoms with E-state index in [1.54, 1.807) is 11.3 Å². The van der Waals surface area contributed by atoms with E-state index in [1.165, 1.54) is 4.90 Å². The number of rotatable bonds is 6. The van der Waals surface area contributed by atoms with Gasteiger partial charge in [0.05, 0.1) is 29.9 Å². The lowest BCUT2D eigenvalue weighted by atomic mass is 10.0. The van der Waals surface area contributed by atoms with Gasteiger partial charge in [0, 0.05) is 18.7 Å². The number of pyridine rings is 1. The van der Waals surface area contributed by atoms with Gasteiger partial charge in [0.15, 0.2) is 0 Å². The molecule has 32 heavy (non-hydrogen) atoms. The normalized spacial score (nSPS) is 18.5. The first-order valence-electron chi connectivity index (χ1n) is 10.9. The van der Waals surface area contributed by atoms with Crippen LogP contribution in [-0.2, 0) is 22.4 Å². The van der Waals surface area contributed by atoms with Crippen LogP contribution in [0.4, 0.5) is 10.5 Å². The third kappa shape index (κ3) is 4.00. The van der Waals surface area contributed by atoms with Gasteiger partial charge in [-0.1, -0.05) is 30.3 Å². The zero-order valence-electron chi connectivity index (χ0n) is 17.9. The highest BCUT2D eigenvalue weighted by Crippen LogP contribution is 2.37. The molecule has 1 fully saturated rings. The maximum atomic E-state index is 13.5. The van der Waals surface area contributed by atoms with E-state index in [1.807, 2.05) is 48.7 Å². The summed E-state index contributed by atoms with van der Waals surface area (Å²) in [4.78, 5) is 34.2. The fourth-order valence-corrected chi connectivity index (χ4v) is 5.37. The molecular formula is C25H25N3O3S. The fraction of sp³-hybridized carbons (Fsp3) is 0.320. The lowest BCUT2D eigenvalue weighted by Crippen LogP contribution is -2.42. The molecule has 0 N–H and O–H groups in total. The van der Waals surface area contributed by atoms with E-state index in [4.69, 9.17) is 4.74 Å². The lowest BCUT2D eigenvalue weighted by Gasteiger charge is -2.31. The minimum absolute atomic E-state index is 0.148. The highest BCUT2D eigenvalue weighted by Gasteiger charge is 2.40. The highest BCUT2D eigenvalue weighted by molar-refractivity contribution is 7.08. The fourth-order valence-electron chi connectivity index (χ4n) is 4.66. The summed E-state index contributed by atoms with van der Waals surface area (Å²) in [5.41, 5.74) is 5.31. The monoisotopic (exact) mass is 447 g/mol. The van der Waals surface area contributed by atoms with Crippen molar-refractivity contribution >= 4 is 29.0 Å². The van der Waals surface area contributed by atoms with Gasteiger partial charge in [-0.05, 0) is 53.4 Å². The molecule has 4 heterocycles. The number of carbonyl (C=O) groups is 2. The van der Waals surface area contributed by atoms with Crippen molar-refractivity contribution in [1.29, 1.82) is 0 Å². The van der Waals surface area contributed by atoms with E-state index in [0.717, 1.165) is 41.2 Å². The first-order valence-corrected chi connectivity index (χ1v) is 11.8. The lowest BCUT2D eigenvalue weighted by molar-refractivity contribution is -0.129. The zero-order valence-corrected chi connectivity index (χ0v) is 18.8. The third-order valence-corrected chi connectivity index (χ3v) is 6.91. The van der Waals surface area contributed by atoms with E-state index in [-0.39, 0.29) is 31.0 Å². The molecule has 0 radical (unpaired) electrons. The maximum absolute atomic E-state index is 13.5. The highest BCUT2D eigenvalue weighted by atomic mass is 32.1. The summed E-state index contributed by atoms with van der Waals surface area (Å²) < 4.78 is 5.28. The largest absolute Gasteiger partial charge is 0.447 e. The molecule has 2 aromatic heterocycles. The minimum Gasteiger partial charge on any atom is -0.447 e. The van der Waals surface area contributed by atoms with Gasteiger partial charge < -0.3 is 9.64 Å². The second-order valence-corrected chi connectivity index (χ2v) is 9.10. The number of hydrogen-bond acceptors (Lipinski definition) is 6. The number of anilines is 1.